The van der Waals surface area contributed by atoms with E-state index in [2.05, 4.69) is 0 Å². The molecule has 0 radical (unpaired) electrons. The summed E-state index contributed by atoms with van der Waals surface area (Å²) >= 11 is 0. The van der Waals surface area contributed by atoms with Crippen LogP contribution in [0.25, 0.3) is 0 Å². The summed E-state index contributed by atoms with van der Waals surface area (Å²) in [7, 11) is -3.47. The summed E-state index contributed by atoms with van der Waals surface area (Å²) in [4.78, 5) is -0.820. The van der Waals surface area contributed by atoms with E-state index in [-0.39, 0.29) is 10.5 Å². The van der Waals surface area contributed by atoms with Crippen LogP contribution in [0.2, 0.25) is 0 Å². The molecule has 1 aliphatic rings. The molecule has 1 aliphatic carbocycles. The number of aromatic nitrogens is 1. The number of aryl methyl sites for hydroxylation is 1. The van der Waals surface area contributed by atoms with Crippen LogP contribution in [0.15, 0.2) is 40.3 Å². The lowest BCUT2D eigenvalue weighted by molar-refractivity contribution is -0.263. The SMILES string of the molecule is Cc1ccc(S(=O)(=O)n2cc(S(=O)(=O)Cl)c3c2C[C@](O)(C(F)(F)F)CC3)cc1. The zero-order valence-electron chi connectivity index (χ0n) is 14.4. The Bertz CT molecular complexity index is 1140. The predicted octanol–water partition coefficient (Wildman–Crippen LogP) is 2.74. The lowest BCUT2D eigenvalue weighted by Gasteiger charge is -2.34. The van der Waals surface area contributed by atoms with Gasteiger partial charge in [-0.05, 0) is 37.5 Å². The smallest absolute Gasteiger partial charge is 0.380 e. The summed E-state index contributed by atoms with van der Waals surface area (Å²) in [6.07, 6.45) is -6.73. The number of alkyl halides is 3. The third-order valence-corrected chi connectivity index (χ3v) is 7.85. The van der Waals surface area contributed by atoms with Crippen LogP contribution < -0.4 is 0 Å². The van der Waals surface area contributed by atoms with E-state index in [1.54, 1.807) is 6.92 Å². The molecule has 1 aromatic carbocycles. The van der Waals surface area contributed by atoms with Gasteiger partial charge >= 0.3 is 6.18 Å². The maximum absolute atomic E-state index is 13.3. The Labute approximate surface area is 164 Å². The molecule has 0 aliphatic heterocycles. The third-order valence-electron chi connectivity index (χ3n) is 4.76. The summed E-state index contributed by atoms with van der Waals surface area (Å²) in [5.41, 5.74) is -3.01. The molecule has 0 unspecified atom stereocenters. The van der Waals surface area contributed by atoms with Crippen LogP contribution in [0.5, 0.6) is 0 Å². The van der Waals surface area contributed by atoms with Crippen LogP contribution in [0.1, 0.15) is 23.2 Å². The van der Waals surface area contributed by atoms with Gasteiger partial charge in [-0.2, -0.15) is 13.2 Å². The highest BCUT2D eigenvalue weighted by Gasteiger charge is 2.56. The summed E-state index contributed by atoms with van der Waals surface area (Å²) in [6, 6.07) is 5.50. The van der Waals surface area contributed by atoms with Crippen LogP contribution in [0, 0.1) is 6.92 Å². The van der Waals surface area contributed by atoms with Crippen molar-refractivity contribution in [2.45, 2.75) is 47.8 Å². The van der Waals surface area contributed by atoms with Gasteiger partial charge in [0.15, 0.2) is 5.60 Å². The van der Waals surface area contributed by atoms with Crippen LogP contribution in [0.3, 0.4) is 0 Å². The Hall–Kier alpha value is -1.56. The fourth-order valence-corrected chi connectivity index (χ4v) is 5.80. The van der Waals surface area contributed by atoms with Gasteiger partial charge in [0.1, 0.15) is 4.90 Å². The van der Waals surface area contributed by atoms with Gasteiger partial charge in [0, 0.05) is 29.0 Å². The topological polar surface area (TPSA) is 93.4 Å². The maximum Gasteiger partial charge on any atom is 0.417 e. The van der Waals surface area contributed by atoms with Gasteiger partial charge < -0.3 is 5.11 Å². The molecule has 1 aromatic heterocycles. The Morgan fingerprint density at radius 1 is 1.14 bits per heavy atom. The van der Waals surface area contributed by atoms with Crippen LogP contribution in [-0.4, -0.2) is 37.7 Å². The minimum absolute atomic E-state index is 0.139. The summed E-state index contributed by atoms with van der Waals surface area (Å²) in [6.45, 7) is 1.72. The van der Waals surface area contributed by atoms with E-state index in [4.69, 9.17) is 10.7 Å². The van der Waals surface area contributed by atoms with Crippen molar-refractivity contribution >= 4 is 29.8 Å². The van der Waals surface area contributed by atoms with Gasteiger partial charge in [0.2, 0.25) is 0 Å². The van der Waals surface area contributed by atoms with Gasteiger partial charge in [-0.15, -0.1) is 0 Å². The van der Waals surface area contributed by atoms with E-state index in [1.165, 1.54) is 24.3 Å². The second-order valence-corrected chi connectivity index (χ2v) is 11.0. The molecule has 0 saturated carbocycles. The fraction of sp³-hybridized carbons (Fsp3) is 0.375. The number of hydrogen-bond acceptors (Lipinski definition) is 5. The molecular formula is C16H15ClF3NO5S2. The van der Waals surface area contributed by atoms with Crippen molar-refractivity contribution in [3.8, 4) is 0 Å². The first-order valence-electron chi connectivity index (χ1n) is 7.96. The highest BCUT2D eigenvalue weighted by molar-refractivity contribution is 8.13. The molecule has 0 spiro atoms. The monoisotopic (exact) mass is 457 g/mol. The van der Waals surface area contributed by atoms with Crippen molar-refractivity contribution in [3.63, 3.8) is 0 Å². The van der Waals surface area contributed by atoms with Crippen LogP contribution in [-0.2, 0) is 31.9 Å². The molecule has 0 bridgehead atoms. The minimum atomic E-state index is -5.02. The van der Waals surface area contributed by atoms with Crippen molar-refractivity contribution in [1.82, 2.24) is 3.97 Å². The molecule has 1 N–H and O–H groups in total. The largest absolute Gasteiger partial charge is 0.417 e. The van der Waals surface area contributed by atoms with E-state index in [1.807, 2.05) is 0 Å². The quantitative estimate of drug-likeness (QED) is 0.715. The number of nitrogens with zero attached hydrogens (tertiary/aromatic N) is 1. The van der Waals surface area contributed by atoms with Gasteiger partial charge in [0.25, 0.3) is 19.1 Å². The van der Waals surface area contributed by atoms with E-state index in [0.717, 1.165) is 5.56 Å². The zero-order valence-corrected chi connectivity index (χ0v) is 16.8. The van der Waals surface area contributed by atoms with Crippen molar-refractivity contribution in [1.29, 1.82) is 0 Å². The van der Waals surface area contributed by atoms with Gasteiger partial charge in [-0.3, -0.25) is 0 Å². The van der Waals surface area contributed by atoms with E-state index < -0.39 is 60.7 Å². The molecule has 1 atom stereocenters. The minimum Gasteiger partial charge on any atom is -0.380 e. The number of aliphatic hydroxyl groups is 1. The van der Waals surface area contributed by atoms with Gasteiger partial charge in [-0.25, -0.2) is 20.8 Å². The molecule has 2 aromatic rings. The van der Waals surface area contributed by atoms with Crippen molar-refractivity contribution < 1.29 is 35.1 Å². The van der Waals surface area contributed by atoms with Crippen LogP contribution >= 0.6 is 10.7 Å². The maximum atomic E-state index is 13.3. The van der Waals surface area contributed by atoms with E-state index in [0.29, 0.717) is 10.2 Å². The Balaban J connectivity index is 2.26. The van der Waals surface area contributed by atoms with Crippen molar-refractivity contribution in [3.05, 3.63) is 47.3 Å². The first-order valence-corrected chi connectivity index (χ1v) is 11.7. The summed E-state index contributed by atoms with van der Waals surface area (Å²) in [5, 5.41) is 10.0. The number of hydrogen-bond donors (Lipinski definition) is 1. The molecule has 28 heavy (non-hydrogen) atoms. The third kappa shape index (κ3) is 3.44. The molecular weight excluding hydrogens is 443 g/mol. The van der Waals surface area contributed by atoms with Crippen molar-refractivity contribution in [2.24, 2.45) is 0 Å². The number of halogens is 4. The first-order chi connectivity index (χ1) is 12.7. The first kappa shape index (κ1) is 21.2. The standard InChI is InChI=1S/C16H15ClF3NO5S2/c1-10-2-4-11(5-3-10)28(25,26)21-9-14(27(17,23)24)12-6-7-15(22,8-13(12)21)16(18,19)20/h2-5,9,22H,6-8H2,1H3/t15-/m0/s1. The van der Waals surface area contributed by atoms with E-state index >= 15 is 0 Å². The molecule has 12 heteroatoms. The van der Waals surface area contributed by atoms with Crippen LogP contribution in [0.4, 0.5) is 13.2 Å². The zero-order chi connectivity index (χ0) is 21.1. The molecule has 3 rings (SSSR count). The number of fused-ring (bicyclic) bond motifs is 1. The molecule has 1 heterocycles. The highest BCUT2D eigenvalue weighted by atomic mass is 35.7. The Morgan fingerprint density at radius 3 is 2.21 bits per heavy atom. The number of benzene rings is 1. The summed E-state index contributed by atoms with van der Waals surface area (Å²) in [5.74, 6) is 0. The normalized spacial score (nSPS) is 20.8. The molecule has 0 saturated heterocycles. The second kappa shape index (κ2) is 6.48. The molecule has 154 valence electrons. The Kier molecular flexibility index (Phi) is 4.89. The van der Waals surface area contributed by atoms with Gasteiger partial charge in [-0.1, -0.05) is 17.7 Å². The molecule has 0 fully saturated rings. The predicted molar refractivity (Wildman–Crippen MR) is 94.3 cm³/mol. The van der Waals surface area contributed by atoms with Gasteiger partial charge in [0.05, 0.1) is 4.90 Å². The summed E-state index contributed by atoms with van der Waals surface area (Å²) < 4.78 is 90.1. The van der Waals surface area contributed by atoms with E-state index in [9.17, 15) is 35.1 Å². The average molecular weight is 458 g/mol. The lowest BCUT2D eigenvalue weighted by atomic mass is 9.83. The Morgan fingerprint density at radius 2 is 1.71 bits per heavy atom. The molecule has 0 amide bonds. The highest BCUT2D eigenvalue weighted by Crippen LogP contribution is 2.43. The fourth-order valence-electron chi connectivity index (χ4n) is 3.18. The lowest BCUT2D eigenvalue weighted by Crippen LogP contribution is -2.50. The average Bonchev–Trinajstić information content (AvgIpc) is 2.93. The van der Waals surface area contributed by atoms with Crippen molar-refractivity contribution in [2.75, 3.05) is 0 Å². The molecule has 6 nitrogen and oxygen atoms in total. The second-order valence-electron chi connectivity index (χ2n) is 6.68. The number of rotatable bonds is 3.